The van der Waals surface area contributed by atoms with Crippen LogP contribution in [0.4, 0.5) is 13.2 Å². The van der Waals surface area contributed by atoms with Crippen LogP contribution < -0.4 is 9.46 Å². The maximum atomic E-state index is 13.1. The van der Waals surface area contributed by atoms with E-state index in [2.05, 4.69) is 25.4 Å². The Kier molecular flexibility index (Phi) is 5.89. The quantitative estimate of drug-likeness (QED) is 0.756. The Morgan fingerprint density at radius 1 is 1.17 bits per heavy atom. The summed E-state index contributed by atoms with van der Waals surface area (Å²) in [7, 11) is -3.94. The first-order valence-electron chi connectivity index (χ1n) is 6.71. The van der Waals surface area contributed by atoms with Gasteiger partial charge in [0.25, 0.3) is 0 Å². The van der Waals surface area contributed by atoms with Crippen molar-refractivity contribution in [1.29, 1.82) is 0 Å². The van der Waals surface area contributed by atoms with E-state index in [4.69, 9.17) is 0 Å². The molecule has 0 aliphatic carbocycles. The van der Waals surface area contributed by atoms with Crippen LogP contribution in [0.5, 0.6) is 5.75 Å². The van der Waals surface area contributed by atoms with E-state index >= 15 is 0 Å². The Balaban J connectivity index is 2.23. The summed E-state index contributed by atoms with van der Waals surface area (Å²) in [5, 5.41) is 0. The third-order valence-electron chi connectivity index (χ3n) is 3.10. The van der Waals surface area contributed by atoms with Crippen molar-refractivity contribution in [3.05, 3.63) is 58.3 Å². The molecule has 0 aliphatic heterocycles. The number of hydrogen-bond acceptors (Lipinski definition) is 3. The molecule has 4 nitrogen and oxygen atoms in total. The van der Waals surface area contributed by atoms with Crippen molar-refractivity contribution in [2.75, 3.05) is 0 Å². The highest BCUT2D eigenvalue weighted by atomic mass is 79.9. The van der Waals surface area contributed by atoms with Crippen LogP contribution in [-0.4, -0.2) is 15.0 Å². The minimum Gasteiger partial charge on any atom is -0.435 e. The van der Waals surface area contributed by atoms with Crippen molar-refractivity contribution in [1.82, 2.24) is 4.72 Å². The highest BCUT2D eigenvalue weighted by Crippen LogP contribution is 2.26. The van der Waals surface area contributed by atoms with Gasteiger partial charge in [-0.15, -0.1) is 0 Å². The van der Waals surface area contributed by atoms with Gasteiger partial charge in [0.15, 0.2) is 0 Å². The van der Waals surface area contributed by atoms with E-state index < -0.39 is 28.5 Å². The zero-order valence-corrected chi connectivity index (χ0v) is 14.7. The molecule has 1 unspecified atom stereocenters. The Hall–Kier alpha value is -1.58. The molecule has 0 heterocycles. The monoisotopic (exact) mass is 423 g/mol. The van der Waals surface area contributed by atoms with Crippen LogP contribution in [0.15, 0.2) is 51.8 Å². The first-order valence-corrected chi connectivity index (χ1v) is 8.99. The molecule has 2 aromatic carbocycles. The molecule has 0 aromatic heterocycles. The second-order valence-corrected chi connectivity index (χ2v) is 7.41. The third kappa shape index (κ3) is 4.71. The van der Waals surface area contributed by atoms with Crippen molar-refractivity contribution in [2.45, 2.75) is 24.5 Å². The van der Waals surface area contributed by atoms with Gasteiger partial charge in [-0.2, -0.15) is 8.78 Å². The Morgan fingerprint density at radius 3 is 2.50 bits per heavy atom. The zero-order chi connectivity index (χ0) is 17.9. The van der Waals surface area contributed by atoms with E-state index in [-0.39, 0.29) is 15.1 Å². The topological polar surface area (TPSA) is 55.4 Å². The van der Waals surface area contributed by atoms with Crippen molar-refractivity contribution in [3.8, 4) is 5.75 Å². The number of alkyl halides is 2. The summed E-state index contributed by atoms with van der Waals surface area (Å²) in [6, 6.07) is 8.19. The minimum absolute atomic E-state index is 0.0727. The summed E-state index contributed by atoms with van der Waals surface area (Å²) in [6.07, 6.45) is 0. The highest BCUT2D eigenvalue weighted by Gasteiger charge is 2.21. The number of benzene rings is 2. The maximum Gasteiger partial charge on any atom is 0.387 e. The van der Waals surface area contributed by atoms with Crippen LogP contribution in [0.3, 0.4) is 0 Å². The number of sulfonamides is 1. The molecule has 1 N–H and O–H groups in total. The molecule has 0 saturated carbocycles. The van der Waals surface area contributed by atoms with Crippen LogP contribution >= 0.6 is 15.9 Å². The van der Waals surface area contributed by atoms with E-state index in [0.717, 1.165) is 18.2 Å². The maximum absolute atomic E-state index is 13.1. The van der Waals surface area contributed by atoms with E-state index in [1.807, 2.05) is 0 Å². The van der Waals surface area contributed by atoms with Gasteiger partial charge in [-0.25, -0.2) is 17.5 Å². The lowest BCUT2D eigenvalue weighted by atomic mass is 10.1. The molecule has 0 bridgehead atoms. The van der Waals surface area contributed by atoms with E-state index in [0.29, 0.717) is 5.56 Å². The summed E-state index contributed by atoms with van der Waals surface area (Å²) in [4.78, 5) is -0.129. The number of rotatable bonds is 6. The molecule has 9 heteroatoms. The molecule has 24 heavy (non-hydrogen) atoms. The second kappa shape index (κ2) is 7.54. The summed E-state index contributed by atoms with van der Waals surface area (Å²) >= 11 is 3.01. The van der Waals surface area contributed by atoms with Gasteiger partial charge in [0.1, 0.15) is 11.6 Å². The molecule has 130 valence electrons. The summed E-state index contributed by atoms with van der Waals surface area (Å²) in [5.74, 6) is -0.651. The molecular weight excluding hydrogens is 411 g/mol. The molecule has 2 rings (SSSR count). The Morgan fingerprint density at radius 2 is 1.88 bits per heavy atom. The van der Waals surface area contributed by atoms with Gasteiger partial charge in [-0.3, -0.25) is 0 Å². The van der Waals surface area contributed by atoms with Gasteiger partial charge >= 0.3 is 6.61 Å². The normalized spacial score (nSPS) is 13.1. The van der Waals surface area contributed by atoms with Crippen LogP contribution in [0.1, 0.15) is 18.5 Å². The molecule has 0 radical (unpaired) electrons. The van der Waals surface area contributed by atoms with Gasteiger partial charge < -0.3 is 4.74 Å². The second-order valence-electron chi connectivity index (χ2n) is 4.87. The van der Waals surface area contributed by atoms with Gasteiger partial charge in [-0.05, 0) is 58.7 Å². The lowest BCUT2D eigenvalue weighted by Gasteiger charge is -2.16. The Labute approximate surface area is 145 Å². The molecule has 0 spiro atoms. The van der Waals surface area contributed by atoms with Crippen LogP contribution in [0.2, 0.25) is 0 Å². The number of nitrogens with one attached hydrogen (secondary N) is 1. The van der Waals surface area contributed by atoms with Crippen LogP contribution in [0, 0.1) is 5.82 Å². The molecule has 1 atom stereocenters. The Bertz CT molecular complexity index is 830. The van der Waals surface area contributed by atoms with Gasteiger partial charge in [0, 0.05) is 10.5 Å². The molecular formula is C15H13BrF3NO3S. The van der Waals surface area contributed by atoms with Crippen LogP contribution in [0.25, 0.3) is 0 Å². The fourth-order valence-corrected chi connectivity index (χ4v) is 4.30. The van der Waals surface area contributed by atoms with Crippen molar-refractivity contribution < 1.29 is 26.3 Å². The average molecular weight is 424 g/mol. The van der Waals surface area contributed by atoms with Crippen molar-refractivity contribution in [2.24, 2.45) is 0 Å². The predicted octanol–water partition coefficient (Wildman–Crippen LogP) is 4.23. The van der Waals surface area contributed by atoms with E-state index in [9.17, 15) is 21.6 Å². The van der Waals surface area contributed by atoms with Crippen molar-refractivity contribution in [3.63, 3.8) is 0 Å². The van der Waals surface area contributed by atoms with Crippen LogP contribution in [-0.2, 0) is 10.0 Å². The average Bonchev–Trinajstić information content (AvgIpc) is 2.45. The fraction of sp³-hybridized carbons (Fsp3) is 0.200. The summed E-state index contributed by atoms with van der Waals surface area (Å²) < 4.78 is 69.2. The fourth-order valence-electron chi connectivity index (χ4n) is 2.02. The van der Waals surface area contributed by atoms with Gasteiger partial charge in [0.05, 0.1) is 4.90 Å². The standard InChI is InChI=1S/C15H13BrF3NO3S/c1-9(10-3-2-4-12(7-10)23-15(18)19)20-24(21,22)14-6-5-11(17)8-13(14)16/h2-9,15,20H,1H3. The number of hydrogen-bond donors (Lipinski definition) is 1. The number of ether oxygens (including phenoxy) is 1. The van der Waals surface area contributed by atoms with Crippen molar-refractivity contribution >= 4 is 26.0 Å². The van der Waals surface area contributed by atoms with E-state index in [1.54, 1.807) is 13.0 Å². The number of halogens is 4. The van der Waals surface area contributed by atoms with E-state index in [1.165, 1.54) is 18.2 Å². The first kappa shape index (κ1) is 18.8. The predicted molar refractivity (Wildman–Crippen MR) is 85.9 cm³/mol. The molecule has 0 aliphatic rings. The lowest BCUT2D eigenvalue weighted by molar-refractivity contribution is -0.0499. The summed E-state index contributed by atoms with van der Waals surface area (Å²) in [6.45, 7) is -1.42. The van der Waals surface area contributed by atoms with Gasteiger partial charge in [0.2, 0.25) is 10.0 Å². The first-order chi connectivity index (χ1) is 11.2. The molecule has 2 aromatic rings. The highest BCUT2D eigenvalue weighted by molar-refractivity contribution is 9.10. The smallest absolute Gasteiger partial charge is 0.387 e. The minimum atomic E-state index is -3.94. The molecule has 0 saturated heterocycles. The third-order valence-corrected chi connectivity index (χ3v) is 5.62. The molecule has 0 amide bonds. The van der Waals surface area contributed by atoms with Gasteiger partial charge in [-0.1, -0.05) is 12.1 Å². The lowest BCUT2D eigenvalue weighted by Crippen LogP contribution is -2.27. The summed E-state index contributed by atoms with van der Waals surface area (Å²) in [5.41, 5.74) is 0.440. The largest absolute Gasteiger partial charge is 0.435 e. The molecule has 0 fully saturated rings. The zero-order valence-electron chi connectivity index (χ0n) is 12.3. The SMILES string of the molecule is CC(NS(=O)(=O)c1ccc(F)cc1Br)c1cccc(OC(F)F)c1.